The lowest BCUT2D eigenvalue weighted by molar-refractivity contribution is -0.148. The molecule has 24 heavy (non-hydrogen) atoms. The van der Waals surface area contributed by atoms with Gasteiger partial charge in [-0.15, -0.1) is 0 Å². The molecule has 2 N–H and O–H groups in total. The first-order chi connectivity index (χ1) is 9.99. The van der Waals surface area contributed by atoms with Gasteiger partial charge >= 0.3 is 11.9 Å². The summed E-state index contributed by atoms with van der Waals surface area (Å²) in [7, 11) is -3.44. The van der Waals surface area contributed by atoms with Crippen LogP contribution in [0.1, 0.15) is 53.9 Å². The Balaban J connectivity index is -0.00000220. The van der Waals surface area contributed by atoms with Crippen LogP contribution in [0.15, 0.2) is 0 Å². The molecule has 0 aliphatic heterocycles. The lowest BCUT2D eigenvalue weighted by atomic mass is 10.0. The van der Waals surface area contributed by atoms with Crippen molar-refractivity contribution in [3.8, 4) is 0 Å². The molecule has 0 radical (unpaired) electrons. The quantitative estimate of drug-likeness (QED) is 0.440. The van der Waals surface area contributed by atoms with Crippen LogP contribution in [0.5, 0.6) is 0 Å². The minimum absolute atomic E-state index is 0. The van der Waals surface area contributed by atoms with Gasteiger partial charge < -0.3 is 14.3 Å². The molecule has 0 spiro atoms. The Morgan fingerprint density at radius 2 is 1.42 bits per heavy atom. The number of aliphatic carboxylic acids is 2. The van der Waals surface area contributed by atoms with E-state index in [2.05, 4.69) is 33.1 Å². The third-order valence-electron chi connectivity index (χ3n) is 3.79. The van der Waals surface area contributed by atoms with Crippen LogP contribution >= 0.6 is 0 Å². The molecule has 0 aliphatic carbocycles. The summed E-state index contributed by atoms with van der Waals surface area (Å²) in [4.78, 5) is 21.7. The van der Waals surface area contributed by atoms with Crippen LogP contribution in [0.3, 0.4) is 0 Å². The van der Waals surface area contributed by atoms with Gasteiger partial charge in [0, 0.05) is 0 Å². The van der Waals surface area contributed by atoms with E-state index in [0.29, 0.717) is 6.42 Å². The fourth-order valence-corrected chi connectivity index (χ4v) is 11.8. The molecule has 1 unspecified atom stereocenters. The normalized spacial score (nSPS) is 12.7. The summed E-state index contributed by atoms with van der Waals surface area (Å²) in [6, 6.07) is 2.05. The Morgan fingerprint density at radius 1 is 0.958 bits per heavy atom. The number of hydrogen-bond donors (Lipinski definition) is 2. The molecule has 0 aliphatic rings. The molecule has 146 valence electrons. The molecule has 0 saturated heterocycles. The highest BCUT2D eigenvalue weighted by Gasteiger charge is 2.32. The minimum atomic E-state index is -1.81. The van der Waals surface area contributed by atoms with Crippen molar-refractivity contribution in [2.45, 2.75) is 92.2 Å². The monoisotopic (exact) mass is 380 g/mol. The average Bonchev–Trinajstić information content (AvgIpc) is 2.33. The lowest BCUT2D eigenvalue weighted by Crippen LogP contribution is -2.44. The highest BCUT2D eigenvalue weighted by molar-refractivity contribution is 6.84. The first-order valence-electron chi connectivity index (χ1n) is 8.14. The first-order valence-corrected chi connectivity index (χ1v) is 14.4. The maximum absolute atomic E-state index is 11.1. The summed E-state index contributed by atoms with van der Waals surface area (Å²) in [6.07, 6.45) is 3.22. The fourth-order valence-electron chi connectivity index (χ4n) is 2.75. The molecule has 5 nitrogen and oxygen atoms in total. The van der Waals surface area contributed by atoms with Crippen molar-refractivity contribution in [2.24, 2.45) is 5.92 Å². The molecule has 0 amide bonds. The van der Waals surface area contributed by atoms with Crippen LogP contribution < -0.4 is 0 Å². The molecule has 0 heterocycles. The van der Waals surface area contributed by atoms with Gasteiger partial charge in [0.2, 0.25) is 0 Å². The fraction of sp³-hybridized carbons (Fsp3) is 0.882. The molecule has 0 bridgehead atoms. The van der Waals surface area contributed by atoms with Gasteiger partial charge in [-0.25, -0.2) is 0 Å². The predicted octanol–water partition coefficient (Wildman–Crippen LogP) is 5.44. The van der Waals surface area contributed by atoms with Crippen molar-refractivity contribution in [1.82, 2.24) is 0 Å². The number of unbranched alkanes of at least 4 members (excludes halogenated alkanes) is 1. The summed E-state index contributed by atoms with van der Waals surface area (Å²) in [5.74, 6) is -2.85. The molecule has 0 rings (SSSR count). The number of hydrogen-bond acceptors (Lipinski definition) is 3. The van der Waals surface area contributed by atoms with Crippen LogP contribution in [0.4, 0.5) is 0 Å². The van der Waals surface area contributed by atoms with Crippen LogP contribution in [0.2, 0.25) is 38.3 Å². The van der Waals surface area contributed by atoms with Crippen molar-refractivity contribution >= 4 is 28.6 Å². The molecule has 1 atom stereocenters. The number of rotatable bonds is 12. The van der Waals surface area contributed by atoms with E-state index in [1.165, 1.54) is 12.8 Å². The van der Waals surface area contributed by atoms with Gasteiger partial charge in [0.15, 0.2) is 16.6 Å². The minimum Gasteiger partial charge on any atom is -0.481 e. The van der Waals surface area contributed by atoms with Crippen LogP contribution in [0, 0.1) is 5.92 Å². The van der Waals surface area contributed by atoms with Gasteiger partial charge in [-0.3, -0.25) is 9.59 Å². The maximum Gasteiger partial charge on any atom is 0.307 e. The summed E-state index contributed by atoms with van der Waals surface area (Å²) in [5, 5.41) is 17.8. The topological polar surface area (TPSA) is 83.8 Å². The van der Waals surface area contributed by atoms with E-state index >= 15 is 0 Å². The first kappa shape index (κ1) is 28.1. The van der Waals surface area contributed by atoms with E-state index in [1.807, 2.05) is 0 Å². The summed E-state index contributed by atoms with van der Waals surface area (Å²) >= 11 is 0. The zero-order chi connectivity index (χ0) is 17.4. The van der Waals surface area contributed by atoms with Gasteiger partial charge in [-0.2, -0.15) is 0 Å². The Hall–Kier alpha value is -0.666. The van der Waals surface area contributed by atoms with Gasteiger partial charge in [-0.1, -0.05) is 41.0 Å². The number of carboxylic acid groups (broad SMARTS) is 2. The second-order valence-electron chi connectivity index (χ2n) is 7.25. The second-order valence-corrected chi connectivity index (χ2v) is 16.1. The van der Waals surface area contributed by atoms with Crippen molar-refractivity contribution in [3.63, 3.8) is 0 Å². The van der Waals surface area contributed by atoms with Crippen LogP contribution in [-0.2, 0) is 13.7 Å². The van der Waals surface area contributed by atoms with E-state index < -0.39 is 34.5 Å². The van der Waals surface area contributed by atoms with Crippen LogP contribution in [-0.4, -0.2) is 38.8 Å². The second kappa shape index (κ2) is 12.7. The van der Waals surface area contributed by atoms with Crippen molar-refractivity contribution in [1.29, 1.82) is 0 Å². The van der Waals surface area contributed by atoms with Gasteiger partial charge in [0.05, 0.1) is 12.3 Å². The smallest absolute Gasteiger partial charge is 0.307 e. The summed E-state index contributed by atoms with van der Waals surface area (Å²) in [6.45, 7) is 11.0. The van der Waals surface area contributed by atoms with Crippen molar-refractivity contribution < 1.29 is 23.9 Å². The zero-order valence-electron chi connectivity index (χ0n) is 14.6. The lowest BCUT2D eigenvalue weighted by Gasteiger charge is -2.34. The van der Waals surface area contributed by atoms with E-state index in [0.717, 1.165) is 18.5 Å². The third kappa shape index (κ3) is 13.7. The molecule has 7 heteroatoms. The Morgan fingerprint density at radius 3 is 1.79 bits per heavy atom. The third-order valence-corrected chi connectivity index (χ3v) is 11.3. The molecular formula is C17H40O5Si2. The zero-order valence-corrected chi connectivity index (χ0v) is 16.6. The van der Waals surface area contributed by atoms with E-state index in [4.69, 9.17) is 14.3 Å². The molecule has 0 aromatic heterocycles. The molecule has 0 aromatic carbocycles. The van der Waals surface area contributed by atoms with Crippen LogP contribution in [0.25, 0.3) is 0 Å². The summed E-state index contributed by atoms with van der Waals surface area (Å²) < 4.78 is 6.46. The summed E-state index contributed by atoms with van der Waals surface area (Å²) in [5.41, 5.74) is 0. The molecule has 0 aromatic rings. The van der Waals surface area contributed by atoms with E-state index in [-0.39, 0.29) is 21.3 Å². The molecular weight excluding hydrogens is 340 g/mol. The Labute approximate surface area is 151 Å². The maximum atomic E-state index is 11.1. The van der Waals surface area contributed by atoms with Gasteiger partial charge in [-0.05, 0) is 44.7 Å². The van der Waals surface area contributed by atoms with Gasteiger partial charge in [0.1, 0.15) is 0 Å². The van der Waals surface area contributed by atoms with Gasteiger partial charge in [0.25, 0.3) is 0 Å². The number of carboxylic acids is 2. The SMILES string of the molecule is C.C.CCCC[Si](C)(C)O[Si](C)(C)CCCC(CC(=O)O)C(=O)O. The highest BCUT2D eigenvalue weighted by atomic mass is 28.4. The van der Waals surface area contributed by atoms with Crippen molar-refractivity contribution in [3.05, 3.63) is 0 Å². The number of carbonyl (C=O) groups is 2. The largest absolute Gasteiger partial charge is 0.481 e. The highest BCUT2D eigenvalue weighted by Crippen LogP contribution is 2.26. The van der Waals surface area contributed by atoms with E-state index in [9.17, 15) is 9.59 Å². The Bertz CT molecular complexity index is 370. The molecule has 0 saturated carbocycles. The standard InChI is InChI=1S/C15H32O5Si2.2CH4/c1-6-7-10-21(2,3)20-22(4,5)11-8-9-13(15(18)19)12-14(16)17;;/h13H,6-12H2,1-5H3,(H,16,17)(H,18,19);2*1H4. The average molecular weight is 381 g/mol. The van der Waals surface area contributed by atoms with Crippen molar-refractivity contribution in [2.75, 3.05) is 0 Å². The Kier molecular flexibility index (Phi) is 14.9. The predicted molar refractivity (Wildman–Crippen MR) is 107 cm³/mol. The molecule has 0 fully saturated rings. The van der Waals surface area contributed by atoms with E-state index in [1.54, 1.807) is 0 Å².